The van der Waals surface area contributed by atoms with Crippen LogP contribution >= 0.6 is 11.8 Å². The minimum Gasteiger partial charge on any atom is -0.478 e. The molecular weight excluding hydrogens is 264 g/mol. The van der Waals surface area contributed by atoms with E-state index in [4.69, 9.17) is 5.11 Å². The van der Waals surface area contributed by atoms with Crippen molar-refractivity contribution in [3.63, 3.8) is 0 Å². The van der Waals surface area contributed by atoms with E-state index in [1.54, 1.807) is 30.2 Å². The van der Waals surface area contributed by atoms with Crippen LogP contribution in [-0.2, 0) is 6.54 Å². The Morgan fingerprint density at radius 1 is 1.37 bits per heavy atom. The fourth-order valence-corrected chi connectivity index (χ4v) is 2.76. The van der Waals surface area contributed by atoms with Crippen LogP contribution in [0.1, 0.15) is 16.8 Å². The highest BCUT2D eigenvalue weighted by atomic mass is 32.2. The van der Waals surface area contributed by atoms with E-state index in [1.807, 2.05) is 10.6 Å². The average Bonchev–Trinajstić information content (AvgIpc) is 2.81. The molecule has 102 valence electrons. The van der Waals surface area contributed by atoms with Crippen LogP contribution in [0, 0.1) is 0 Å². The molecular formula is C13H16N2O3S. The van der Waals surface area contributed by atoms with Crippen LogP contribution in [0.3, 0.4) is 0 Å². The van der Waals surface area contributed by atoms with Gasteiger partial charge >= 0.3 is 5.97 Å². The van der Waals surface area contributed by atoms with Gasteiger partial charge in [-0.1, -0.05) is 6.07 Å². The number of aliphatic hydroxyl groups excluding tert-OH is 1. The Morgan fingerprint density at radius 2 is 2.21 bits per heavy atom. The van der Waals surface area contributed by atoms with Gasteiger partial charge in [0.25, 0.3) is 0 Å². The Labute approximate surface area is 115 Å². The molecule has 1 aromatic carbocycles. The number of thioether (sulfide) groups is 1. The van der Waals surface area contributed by atoms with Gasteiger partial charge in [-0.05, 0) is 24.3 Å². The number of carboxylic acids is 1. The zero-order chi connectivity index (χ0) is 13.7. The van der Waals surface area contributed by atoms with Crippen molar-refractivity contribution in [2.24, 2.45) is 0 Å². The summed E-state index contributed by atoms with van der Waals surface area (Å²) < 4.78 is 1.88. The maximum absolute atomic E-state index is 11.2. The molecule has 1 heterocycles. The maximum atomic E-state index is 11.2. The number of aryl methyl sites for hydroxylation is 1. The highest BCUT2D eigenvalue weighted by Crippen LogP contribution is 2.18. The average molecular weight is 280 g/mol. The van der Waals surface area contributed by atoms with E-state index in [0.717, 1.165) is 24.5 Å². The molecule has 0 bridgehead atoms. The molecule has 0 amide bonds. The third kappa shape index (κ3) is 3.27. The normalized spacial score (nSPS) is 11.0. The highest BCUT2D eigenvalue weighted by Gasteiger charge is 2.12. The Kier molecular flexibility index (Phi) is 4.81. The van der Waals surface area contributed by atoms with Crippen LogP contribution in [0.2, 0.25) is 0 Å². The number of nitrogens with zero attached hydrogens (tertiary/aromatic N) is 2. The lowest BCUT2D eigenvalue weighted by Gasteiger charge is -2.06. The second-order valence-electron chi connectivity index (χ2n) is 4.11. The molecule has 0 aliphatic carbocycles. The van der Waals surface area contributed by atoms with E-state index in [1.165, 1.54) is 0 Å². The third-order valence-electron chi connectivity index (χ3n) is 2.79. The molecule has 2 rings (SSSR count). The lowest BCUT2D eigenvalue weighted by atomic mass is 10.2. The molecule has 0 spiro atoms. The molecule has 0 saturated carbocycles. The summed E-state index contributed by atoms with van der Waals surface area (Å²) in [7, 11) is 0. The van der Waals surface area contributed by atoms with E-state index in [2.05, 4.69) is 4.98 Å². The number of carbonyl (C=O) groups is 1. The predicted molar refractivity (Wildman–Crippen MR) is 75.7 cm³/mol. The first kappa shape index (κ1) is 13.9. The van der Waals surface area contributed by atoms with Gasteiger partial charge in [-0.15, -0.1) is 0 Å². The molecule has 0 radical (unpaired) electrons. The molecule has 19 heavy (non-hydrogen) atoms. The number of aromatic nitrogens is 2. The van der Waals surface area contributed by atoms with Crippen LogP contribution in [0.15, 0.2) is 24.5 Å². The van der Waals surface area contributed by atoms with Crippen LogP contribution in [0.5, 0.6) is 0 Å². The van der Waals surface area contributed by atoms with Crippen molar-refractivity contribution in [3.05, 3.63) is 30.1 Å². The van der Waals surface area contributed by atoms with Crippen molar-refractivity contribution in [3.8, 4) is 0 Å². The first-order valence-electron chi connectivity index (χ1n) is 6.10. The number of para-hydroxylation sites is 1. The SMILES string of the molecule is O=C(O)c1cccc2ncn(CCSCCCO)c12. The lowest BCUT2D eigenvalue weighted by molar-refractivity contribution is 0.0698. The molecule has 5 nitrogen and oxygen atoms in total. The number of hydrogen-bond acceptors (Lipinski definition) is 4. The van der Waals surface area contributed by atoms with E-state index in [9.17, 15) is 9.90 Å². The van der Waals surface area contributed by atoms with Crippen molar-refractivity contribution >= 4 is 28.8 Å². The van der Waals surface area contributed by atoms with Gasteiger partial charge < -0.3 is 14.8 Å². The van der Waals surface area contributed by atoms with Crippen LogP contribution < -0.4 is 0 Å². The number of rotatable bonds is 7. The highest BCUT2D eigenvalue weighted by molar-refractivity contribution is 7.99. The summed E-state index contributed by atoms with van der Waals surface area (Å²) in [5, 5.41) is 17.9. The summed E-state index contributed by atoms with van der Waals surface area (Å²) in [5.74, 6) is 0.856. The number of benzene rings is 1. The van der Waals surface area contributed by atoms with Gasteiger partial charge in [0.2, 0.25) is 0 Å². The molecule has 0 aliphatic heterocycles. The molecule has 0 unspecified atom stereocenters. The van der Waals surface area contributed by atoms with E-state index in [-0.39, 0.29) is 12.2 Å². The number of aromatic carboxylic acids is 1. The van der Waals surface area contributed by atoms with Gasteiger partial charge in [0, 0.05) is 18.9 Å². The number of imidazole rings is 1. The quantitative estimate of drug-likeness (QED) is 0.757. The van der Waals surface area contributed by atoms with Gasteiger partial charge in [-0.2, -0.15) is 11.8 Å². The van der Waals surface area contributed by atoms with Crippen LogP contribution in [0.4, 0.5) is 0 Å². The van der Waals surface area contributed by atoms with Crippen LogP contribution in [-0.4, -0.2) is 43.8 Å². The molecule has 2 N–H and O–H groups in total. The van der Waals surface area contributed by atoms with Gasteiger partial charge in [0.05, 0.1) is 22.9 Å². The molecule has 0 fully saturated rings. The number of hydrogen-bond donors (Lipinski definition) is 2. The molecule has 0 aliphatic rings. The summed E-state index contributed by atoms with van der Waals surface area (Å²) >= 11 is 1.74. The van der Waals surface area contributed by atoms with Gasteiger partial charge in [-0.25, -0.2) is 9.78 Å². The lowest BCUT2D eigenvalue weighted by Crippen LogP contribution is -2.05. The molecule has 6 heteroatoms. The minimum absolute atomic E-state index is 0.212. The first-order valence-corrected chi connectivity index (χ1v) is 7.25. The zero-order valence-corrected chi connectivity index (χ0v) is 11.3. The summed E-state index contributed by atoms with van der Waals surface area (Å²) in [6, 6.07) is 5.12. The summed E-state index contributed by atoms with van der Waals surface area (Å²) in [6.45, 7) is 0.932. The maximum Gasteiger partial charge on any atom is 0.337 e. The van der Waals surface area contributed by atoms with Crippen molar-refractivity contribution in [2.75, 3.05) is 18.1 Å². The summed E-state index contributed by atoms with van der Waals surface area (Å²) in [6.07, 6.45) is 2.47. The number of carboxylic acid groups (broad SMARTS) is 1. The fourth-order valence-electron chi connectivity index (χ4n) is 1.90. The molecule has 2 aromatic rings. The fraction of sp³-hybridized carbons (Fsp3) is 0.385. The van der Waals surface area contributed by atoms with Crippen molar-refractivity contribution in [1.29, 1.82) is 0 Å². The second kappa shape index (κ2) is 6.58. The summed E-state index contributed by atoms with van der Waals surface area (Å²) in [4.78, 5) is 15.4. The molecule has 0 atom stereocenters. The largest absolute Gasteiger partial charge is 0.478 e. The minimum atomic E-state index is -0.930. The topological polar surface area (TPSA) is 75.3 Å². The Bertz CT molecular complexity index is 568. The van der Waals surface area contributed by atoms with Crippen molar-refractivity contribution in [1.82, 2.24) is 9.55 Å². The second-order valence-corrected chi connectivity index (χ2v) is 5.33. The van der Waals surface area contributed by atoms with Gasteiger partial charge in [0.15, 0.2) is 0 Å². The van der Waals surface area contributed by atoms with Crippen LogP contribution in [0.25, 0.3) is 11.0 Å². The van der Waals surface area contributed by atoms with E-state index < -0.39 is 5.97 Å². The Morgan fingerprint density at radius 3 is 2.95 bits per heavy atom. The zero-order valence-electron chi connectivity index (χ0n) is 10.5. The van der Waals surface area contributed by atoms with Crippen molar-refractivity contribution < 1.29 is 15.0 Å². The summed E-state index contributed by atoms with van der Waals surface area (Å²) in [5.41, 5.74) is 1.67. The number of fused-ring (bicyclic) bond motifs is 1. The first-order chi connectivity index (χ1) is 9.24. The number of aliphatic hydroxyl groups is 1. The van der Waals surface area contributed by atoms with Crippen molar-refractivity contribution in [2.45, 2.75) is 13.0 Å². The molecule has 0 saturated heterocycles. The molecule has 1 aromatic heterocycles. The standard InChI is InChI=1S/C13H16N2O3S/c16-6-2-7-19-8-5-15-9-14-11-4-1-3-10(12(11)15)13(17)18/h1,3-4,9,16H,2,5-8H2,(H,17,18). The van der Waals surface area contributed by atoms with E-state index in [0.29, 0.717) is 11.0 Å². The van der Waals surface area contributed by atoms with E-state index >= 15 is 0 Å². The monoisotopic (exact) mass is 280 g/mol. The smallest absolute Gasteiger partial charge is 0.337 e. The van der Waals surface area contributed by atoms with Gasteiger partial charge in [0.1, 0.15) is 0 Å². The van der Waals surface area contributed by atoms with Gasteiger partial charge in [-0.3, -0.25) is 0 Å². The Balaban J connectivity index is 2.12. The third-order valence-corrected chi connectivity index (χ3v) is 3.84. The Hall–Kier alpha value is -1.53. The predicted octanol–water partition coefficient (Wildman–Crippen LogP) is 1.85.